The third-order valence-electron chi connectivity index (χ3n) is 2.45. The SMILES string of the molecule is CC1CCC(C/C=C/C#N)C1=O. The molecule has 2 heteroatoms. The summed E-state index contributed by atoms with van der Waals surface area (Å²) < 4.78 is 0. The predicted molar refractivity (Wildman–Crippen MR) is 46.3 cm³/mol. The van der Waals surface area contributed by atoms with E-state index in [4.69, 9.17) is 5.26 Å². The van der Waals surface area contributed by atoms with Crippen molar-refractivity contribution in [2.24, 2.45) is 11.8 Å². The highest BCUT2D eigenvalue weighted by Gasteiger charge is 2.29. The van der Waals surface area contributed by atoms with Gasteiger partial charge >= 0.3 is 0 Å². The minimum absolute atomic E-state index is 0.185. The van der Waals surface area contributed by atoms with Crippen LogP contribution in [-0.2, 0) is 4.79 Å². The van der Waals surface area contributed by atoms with E-state index in [1.807, 2.05) is 13.0 Å². The van der Waals surface area contributed by atoms with Crippen LogP contribution in [0.5, 0.6) is 0 Å². The van der Waals surface area contributed by atoms with E-state index in [1.54, 1.807) is 6.08 Å². The second-order valence-electron chi connectivity index (χ2n) is 3.34. The lowest BCUT2D eigenvalue weighted by atomic mass is 10.0. The van der Waals surface area contributed by atoms with Gasteiger partial charge in [-0.2, -0.15) is 5.26 Å². The summed E-state index contributed by atoms with van der Waals surface area (Å²) in [4.78, 5) is 11.4. The molecule has 0 aromatic carbocycles. The van der Waals surface area contributed by atoms with Crippen molar-refractivity contribution < 1.29 is 4.79 Å². The Balaban J connectivity index is 2.40. The molecule has 1 aliphatic rings. The van der Waals surface area contributed by atoms with Crippen LogP contribution < -0.4 is 0 Å². The number of Topliss-reactive ketones (excluding diaryl/α,β-unsaturated/α-hetero) is 1. The van der Waals surface area contributed by atoms with Crippen molar-refractivity contribution in [2.75, 3.05) is 0 Å². The van der Waals surface area contributed by atoms with Gasteiger partial charge in [-0.3, -0.25) is 4.79 Å². The van der Waals surface area contributed by atoms with Gasteiger partial charge in [0.25, 0.3) is 0 Å². The first kappa shape index (κ1) is 8.99. The number of carbonyl (C=O) groups is 1. The van der Waals surface area contributed by atoms with E-state index in [2.05, 4.69) is 0 Å². The van der Waals surface area contributed by atoms with Crippen LogP contribution >= 0.6 is 0 Å². The number of nitrogens with zero attached hydrogens (tertiary/aromatic N) is 1. The summed E-state index contributed by atoms with van der Waals surface area (Å²) >= 11 is 0. The van der Waals surface area contributed by atoms with Gasteiger partial charge in [-0.15, -0.1) is 0 Å². The number of ketones is 1. The van der Waals surface area contributed by atoms with Crippen molar-refractivity contribution in [3.63, 3.8) is 0 Å². The molecule has 2 atom stereocenters. The highest BCUT2D eigenvalue weighted by molar-refractivity contribution is 5.85. The van der Waals surface area contributed by atoms with Crippen LogP contribution in [0.1, 0.15) is 26.2 Å². The van der Waals surface area contributed by atoms with Gasteiger partial charge in [0.1, 0.15) is 5.78 Å². The van der Waals surface area contributed by atoms with Crippen molar-refractivity contribution in [1.82, 2.24) is 0 Å². The van der Waals surface area contributed by atoms with Crippen molar-refractivity contribution in [3.05, 3.63) is 12.2 Å². The van der Waals surface area contributed by atoms with Crippen LogP contribution in [-0.4, -0.2) is 5.78 Å². The van der Waals surface area contributed by atoms with Gasteiger partial charge in [0.2, 0.25) is 0 Å². The van der Waals surface area contributed by atoms with Crippen molar-refractivity contribution in [3.8, 4) is 6.07 Å². The van der Waals surface area contributed by atoms with Gasteiger partial charge in [0.15, 0.2) is 0 Å². The maximum absolute atomic E-state index is 11.4. The first-order valence-corrected chi connectivity index (χ1v) is 4.34. The van der Waals surface area contributed by atoms with Crippen LogP contribution in [0.25, 0.3) is 0 Å². The van der Waals surface area contributed by atoms with Gasteiger partial charge in [-0.1, -0.05) is 13.0 Å². The molecule has 0 heterocycles. The average Bonchev–Trinajstić information content (AvgIpc) is 2.36. The fourth-order valence-corrected chi connectivity index (χ4v) is 1.66. The van der Waals surface area contributed by atoms with E-state index < -0.39 is 0 Å². The summed E-state index contributed by atoms with van der Waals surface area (Å²) in [5, 5.41) is 8.24. The number of rotatable bonds is 2. The summed E-state index contributed by atoms with van der Waals surface area (Å²) in [5.41, 5.74) is 0. The highest BCUT2D eigenvalue weighted by atomic mass is 16.1. The lowest BCUT2D eigenvalue weighted by Gasteiger charge is -2.02. The van der Waals surface area contributed by atoms with Gasteiger partial charge in [0, 0.05) is 17.9 Å². The van der Waals surface area contributed by atoms with Crippen molar-refractivity contribution in [1.29, 1.82) is 5.26 Å². The molecule has 2 unspecified atom stereocenters. The van der Waals surface area contributed by atoms with Crippen LogP contribution in [0, 0.1) is 23.2 Å². The lowest BCUT2D eigenvalue weighted by molar-refractivity contribution is -0.123. The predicted octanol–water partition coefficient (Wildman–Crippen LogP) is 2.07. The molecule has 1 saturated carbocycles. The zero-order valence-corrected chi connectivity index (χ0v) is 7.29. The van der Waals surface area contributed by atoms with Gasteiger partial charge in [-0.25, -0.2) is 0 Å². The first-order valence-electron chi connectivity index (χ1n) is 4.34. The topological polar surface area (TPSA) is 40.9 Å². The molecule has 0 N–H and O–H groups in total. The Hall–Kier alpha value is -1.10. The van der Waals surface area contributed by atoms with E-state index in [0.717, 1.165) is 19.3 Å². The van der Waals surface area contributed by atoms with Crippen LogP contribution in [0.4, 0.5) is 0 Å². The number of carbonyl (C=O) groups excluding carboxylic acids is 1. The molecule has 12 heavy (non-hydrogen) atoms. The summed E-state index contributed by atoms with van der Waals surface area (Å²) in [6, 6.07) is 1.93. The Kier molecular flexibility index (Phi) is 3.04. The summed E-state index contributed by atoms with van der Waals surface area (Å²) in [6.07, 6.45) is 6.01. The van der Waals surface area contributed by atoms with Crippen LogP contribution in [0.3, 0.4) is 0 Å². The number of hydrogen-bond donors (Lipinski definition) is 0. The molecule has 0 aliphatic heterocycles. The smallest absolute Gasteiger partial charge is 0.139 e. The van der Waals surface area contributed by atoms with E-state index in [0.29, 0.717) is 5.78 Å². The highest BCUT2D eigenvalue weighted by Crippen LogP contribution is 2.29. The molecule has 0 amide bonds. The fourth-order valence-electron chi connectivity index (χ4n) is 1.66. The summed E-state index contributed by atoms with van der Waals surface area (Å²) in [6.45, 7) is 1.98. The molecule has 0 saturated heterocycles. The van der Waals surface area contributed by atoms with E-state index in [-0.39, 0.29) is 11.8 Å². The van der Waals surface area contributed by atoms with Gasteiger partial charge in [-0.05, 0) is 19.3 Å². The fraction of sp³-hybridized carbons (Fsp3) is 0.600. The minimum atomic E-state index is 0.185. The molecular weight excluding hydrogens is 150 g/mol. The molecular formula is C10H13NO. The van der Waals surface area contributed by atoms with E-state index >= 15 is 0 Å². The summed E-state index contributed by atoms with van der Waals surface area (Å²) in [5.74, 6) is 0.799. The molecule has 0 spiro atoms. The first-order chi connectivity index (χ1) is 5.75. The Morgan fingerprint density at radius 3 is 2.92 bits per heavy atom. The average molecular weight is 163 g/mol. The molecule has 0 aromatic heterocycles. The molecule has 1 fully saturated rings. The minimum Gasteiger partial charge on any atom is -0.299 e. The zero-order valence-electron chi connectivity index (χ0n) is 7.29. The Bertz CT molecular complexity index is 237. The molecule has 2 nitrogen and oxygen atoms in total. The van der Waals surface area contributed by atoms with Crippen molar-refractivity contribution in [2.45, 2.75) is 26.2 Å². The van der Waals surface area contributed by atoms with Gasteiger partial charge < -0.3 is 0 Å². The molecule has 0 aromatic rings. The Morgan fingerprint density at radius 2 is 2.42 bits per heavy atom. The maximum Gasteiger partial charge on any atom is 0.139 e. The number of hydrogen-bond acceptors (Lipinski definition) is 2. The van der Waals surface area contributed by atoms with Crippen LogP contribution in [0.2, 0.25) is 0 Å². The lowest BCUT2D eigenvalue weighted by Crippen LogP contribution is -2.10. The molecule has 1 rings (SSSR count). The third-order valence-corrected chi connectivity index (χ3v) is 2.45. The Morgan fingerprint density at radius 1 is 1.67 bits per heavy atom. The molecule has 1 aliphatic carbocycles. The van der Waals surface area contributed by atoms with Crippen molar-refractivity contribution >= 4 is 5.78 Å². The van der Waals surface area contributed by atoms with E-state index in [9.17, 15) is 4.79 Å². The molecule has 64 valence electrons. The monoisotopic (exact) mass is 163 g/mol. The van der Waals surface area contributed by atoms with Gasteiger partial charge in [0.05, 0.1) is 6.07 Å². The molecule has 0 bridgehead atoms. The van der Waals surface area contributed by atoms with E-state index in [1.165, 1.54) is 6.08 Å². The Labute approximate surface area is 72.9 Å². The number of nitriles is 1. The van der Waals surface area contributed by atoms with Crippen LogP contribution in [0.15, 0.2) is 12.2 Å². The third kappa shape index (κ3) is 1.94. The standard InChI is InChI=1S/C10H13NO/c1-8-5-6-9(10(8)12)4-2-3-7-11/h2-3,8-9H,4-6H2,1H3/b3-2+. The zero-order chi connectivity index (χ0) is 8.97. The second-order valence-corrected chi connectivity index (χ2v) is 3.34. The molecule has 0 radical (unpaired) electrons. The number of allylic oxidation sites excluding steroid dienone is 2. The quantitative estimate of drug-likeness (QED) is 0.585. The second kappa shape index (κ2) is 4.06. The summed E-state index contributed by atoms with van der Waals surface area (Å²) in [7, 11) is 0. The largest absolute Gasteiger partial charge is 0.299 e. The maximum atomic E-state index is 11.4. The normalized spacial score (nSPS) is 29.5.